The Morgan fingerprint density at radius 2 is 1.26 bits per heavy atom. The van der Waals surface area contributed by atoms with Crippen molar-refractivity contribution in [3.05, 3.63) is 51.6 Å². The molecule has 34 heavy (non-hydrogen) atoms. The molecule has 0 aliphatic heterocycles. The fourth-order valence-corrected chi connectivity index (χ4v) is 13.0. The van der Waals surface area contributed by atoms with Gasteiger partial charge in [0.15, 0.2) is 0 Å². The fraction of sp³-hybridized carbons (Fsp3) is 0.697. The van der Waals surface area contributed by atoms with E-state index in [2.05, 4.69) is 129 Å². The van der Waals surface area contributed by atoms with Crippen molar-refractivity contribution in [2.24, 2.45) is 11.8 Å². The van der Waals surface area contributed by atoms with E-state index >= 15 is 0 Å². The van der Waals surface area contributed by atoms with Gasteiger partial charge in [0.25, 0.3) is 0 Å². The van der Waals surface area contributed by atoms with Gasteiger partial charge in [-0.05, 0) is 88.2 Å². The smallest absolute Gasteiger partial charge is 0.0258 e. The second-order valence-corrected chi connectivity index (χ2v) is 17.9. The van der Waals surface area contributed by atoms with Gasteiger partial charge in [-0.1, -0.05) is 122 Å². The Kier molecular flexibility index (Phi) is 8.53. The van der Waals surface area contributed by atoms with E-state index in [0.29, 0.717) is 23.7 Å². The topological polar surface area (TPSA) is 0 Å². The number of hydrogen-bond donors (Lipinski definition) is 0. The molecule has 0 aromatic heterocycles. The van der Waals surface area contributed by atoms with E-state index in [4.69, 9.17) is 0 Å². The molecule has 0 nitrogen and oxygen atoms in total. The van der Waals surface area contributed by atoms with E-state index in [1.807, 2.05) is 0 Å². The molecule has 1 aliphatic carbocycles. The highest BCUT2D eigenvalue weighted by atomic mass is 31.1. The molecule has 1 aliphatic rings. The third kappa shape index (κ3) is 4.88. The maximum Gasteiger partial charge on any atom is 0.0258 e. The van der Waals surface area contributed by atoms with Gasteiger partial charge in [0, 0.05) is 5.16 Å². The van der Waals surface area contributed by atoms with Crippen molar-refractivity contribution in [3.63, 3.8) is 0 Å². The van der Waals surface area contributed by atoms with Gasteiger partial charge in [-0.3, -0.25) is 0 Å². The standard InChI is InChI=1S/C33H55P/c1-20(2)27-17-18-28(29(19-27)21(3)4)30-25(9)23(7)24(8)26(10)33(30,22(5)6)34(31(11,12)13)32(14,15)16/h17-22,26H,1-16H3. The molecule has 2 atom stereocenters. The van der Waals surface area contributed by atoms with Gasteiger partial charge in [-0.25, -0.2) is 0 Å². The van der Waals surface area contributed by atoms with Crippen LogP contribution in [0.2, 0.25) is 0 Å². The molecular weight excluding hydrogens is 427 g/mol. The van der Waals surface area contributed by atoms with Crippen LogP contribution in [0.3, 0.4) is 0 Å². The summed E-state index contributed by atoms with van der Waals surface area (Å²) in [6, 6.07) is 7.44. The van der Waals surface area contributed by atoms with E-state index in [1.165, 1.54) is 27.8 Å². The highest BCUT2D eigenvalue weighted by Crippen LogP contribution is 2.77. The van der Waals surface area contributed by atoms with E-state index in [0.717, 1.165) is 0 Å². The number of rotatable bonds is 5. The van der Waals surface area contributed by atoms with Crippen molar-refractivity contribution in [2.75, 3.05) is 0 Å². The van der Waals surface area contributed by atoms with Crippen molar-refractivity contribution >= 4 is 13.5 Å². The molecule has 2 rings (SSSR count). The maximum absolute atomic E-state index is 2.55. The quantitative estimate of drug-likeness (QED) is 0.366. The Bertz CT molecular complexity index is 941. The van der Waals surface area contributed by atoms with E-state index in [9.17, 15) is 0 Å². The first kappa shape index (κ1) is 29.4. The zero-order valence-corrected chi connectivity index (χ0v) is 26.4. The SMILES string of the molecule is CC1=C(C)C(C)C(C(C)C)(P(C(C)(C)C)C(C)(C)C)C(c2ccc(C(C)C)cc2C(C)C)=C1C. The minimum atomic E-state index is -0.403. The summed E-state index contributed by atoms with van der Waals surface area (Å²) in [4.78, 5) is 0. The van der Waals surface area contributed by atoms with Crippen LogP contribution in [0, 0.1) is 11.8 Å². The van der Waals surface area contributed by atoms with Crippen LogP contribution in [0.1, 0.15) is 139 Å². The van der Waals surface area contributed by atoms with Crippen LogP contribution in [-0.2, 0) is 0 Å². The van der Waals surface area contributed by atoms with E-state index < -0.39 is 7.92 Å². The molecule has 0 amide bonds. The summed E-state index contributed by atoms with van der Waals surface area (Å²) >= 11 is 0. The van der Waals surface area contributed by atoms with Gasteiger partial charge in [0.1, 0.15) is 0 Å². The van der Waals surface area contributed by atoms with Crippen molar-refractivity contribution in [1.82, 2.24) is 0 Å². The molecule has 0 spiro atoms. The lowest BCUT2D eigenvalue weighted by Gasteiger charge is -2.62. The van der Waals surface area contributed by atoms with Crippen molar-refractivity contribution < 1.29 is 0 Å². The van der Waals surface area contributed by atoms with Gasteiger partial charge >= 0.3 is 0 Å². The highest BCUT2D eigenvalue weighted by Gasteiger charge is 2.58. The molecule has 192 valence electrons. The first-order chi connectivity index (χ1) is 15.3. The molecule has 1 aromatic carbocycles. The summed E-state index contributed by atoms with van der Waals surface area (Å²) in [5.41, 5.74) is 10.8. The lowest BCUT2D eigenvalue weighted by atomic mass is 9.65. The van der Waals surface area contributed by atoms with Gasteiger partial charge in [0.05, 0.1) is 0 Å². The molecule has 0 heterocycles. The molecule has 0 N–H and O–H groups in total. The summed E-state index contributed by atoms with van der Waals surface area (Å²) in [6.45, 7) is 39.3. The first-order valence-corrected chi connectivity index (χ1v) is 15.0. The fourth-order valence-electron chi connectivity index (χ4n) is 7.19. The van der Waals surface area contributed by atoms with E-state index in [-0.39, 0.29) is 15.5 Å². The average Bonchev–Trinajstić information content (AvgIpc) is 2.67. The average molecular weight is 483 g/mol. The second kappa shape index (κ2) is 9.88. The summed E-state index contributed by atoms with van der Waals surface area (Å²) in [7, 11) is -0.403. The van der Waals surface area contributed by atoms with Crippen LogP contribution in [0.4, 0.5) is 0 Å². The van der Waals surface area contributed by atoms with Crippen LogP contribution < -0.4 is 0 Å². The Hall–Kier alpha value is -0.870. The minimum absolute atomic E-state index is 0.114. The summed E-state index contributed by atoms with van der Waals surface area (Å²) in [6.07, 6.45) is 0. The first-order valence-electron chi connectivity index (χ1n) is 13.6. The van der Waals surface area contributed by atoms with Crippen molar-refractivity contribution in [3.8, 4) is 0 Å². The lowest BCUT2D eigenvalue weighted by Crippen LogP contribution is -2.51. The van der Waals surface area contributed by atoms with Crippen molar-refractivity contribution in [2.45, 2.75) is 138 Å². The monoisotopic (exact) mass is 482 g/mol. The molecule has 0 bridgehead atoms. The Labute approximate surface area is 214 Å². The second-order valence-electron chi connectivity index (χ2n) is 13.8. The van der Waals surface area contributed by atoms with Gasteiger partial charge < -0.3 is 0 Å². The summed E-state index contributed by atoms with van der Waals surface area (Å²) in [5, 5.41) is 0.584. The predicted octanol–water partition coefficient (Wildman–Crippen LogP) is 11.2. The molecule has 0 saturated heterocycles. The van der Waals surface area contributed by atoms with Crippen LogP contribution in [0.25, 0.3) is 5.57 Å². The molecule has 0 saturated carbocycles. The summed E-state index contributed by atoms with van der Waals surface area (Å²) < 4.78 is 0. The zero-order chi connectivity index (χ0) is 26.5. The molecule has 2 unspecified atom stereocenters. The van der Waals surface area contributed by atoms with Gasteiger partial charge in [-0.2, -0.15) is 0 Å². The minimum Gasteiger partial charge on any atom is -0.0838 e. The largest absolute Gasteiger partial charge is 0.0838 e. The molecule has 1 aromatic rings. The van der Waals surface area contributed by atoms with Gasteiger partial charge in [0.2, 0.25) is 0 Å². The lowest BCUT2D eigenvalue weighted by molar-refractivity contribution is 0.395. The Balaban J connectivity index is 3.17. The number of allylic oxidation sites excluding steroid dienone is 4. The third-order valence-electron chi connectivity index (χ3n) is 8.46. The molecular formula is C33H55P. The van der Waals surface area contributed by atoms with Crippen molar-refractivity contribution in [1.29, 1.82) is 0 Å². The third-order valence-corrected chi connectivity index (χ3v) is 13.0. The van der Waals surface area contributed by atoms with Gasteiger partial charge in [-0.15, -0.1) is 0 Å². The zero-order valence-electron chi connectivity index (χ0n) is 25.5. The Morgan fingerprint density at radius 3 is 1.65 bits per heavy atom. The predicted molar refractivity (Wildman–Crippen MR) is 159 cm³/mol. The molecule has 1 heteroatoms. The van der Waals surface area contributed by atoms with E-state index in [1.54, 1.807) is 11.1 Å². The van der Waals surface area contributed by atoms with Crippen LogP contribution in [-0.4, -0.2) is 15.5 Å². The highest BCUT2D eigenvalue weighted by molar-refractivity contribution is 7.63. The molecule has 0 radical (unpaired) electrons. The normalized spacial score (nSPS) is 22.8. The molecule has 0 fully saturated rings. The maximum atomic E-state index is 2.55. The van der Waals surface area contributed by atoms with Crippen LogP contribution >= 0.6 is 7.92 Å². The van der Waals surface area contributed by atoms with Crippen LogP contribution in [0.15, 0.2) is 34.9 Å². The van der Waals surface area contributed by atoms with Crippen LogP contribution in [0.5, 0.6) is 0 Å². The Morgan fingerprint density at radius 1 is 0.765 bits per heavy atom. The number of benzene rings is 1. The summed E-state index contributed by atoms with van der Waals surface area (Å²) in [5.74, 6) is 2.11. The number of hydrogen-bond acceptors (Lipinski definition) is 0.